The van der Waals surface area contributed by atoms with Gasteiger partial charge in [-0.25, -0.2) is 4.39 Å². The molecule has 0 spiro atoms. The molecule has 0 heterocycles. The van der Waals surface area contributed by atoms with Gasteiger partial charge in [-0.1, -0.05) is 18.2 Å². The van der Waals surface area contributed by atoms with Crippen LogP contribution in [0.2, 0.25) is 0 Å². The smallest absolute Gasteiger partial charge is 0.228 e. The van der Waals surface area contributed by atoms with Crippen LogP contribution in [0.3, 0.4) is 0 Å². The van der Waals surface area contributed by atoms with Crippen LogP contribution in [0.15, 0.2) is 42.5 Å². The third-order valence-electron chi connectivity index (χ3n) is 2.83. The van der Waals surface area contributed by atoms with Gasteiger partial charge in [0.1, 0.15) is 5.82 Å². The van der Waals surface area contributed by atoms with Gasteiger partial charge in [-0.15, -0.1) is 0 Å². The maximum atomic E-state index is 13.4. The van der Waals surface area contributed by atoms with E-state index in [4.69, 9.17) is 5.73 Å². The molecule has 19 heavy (non-hydrogen) atoms. The van der Waals surface area contributed by atoms with E-state index in [-0.39, 0.29) is 18.1 Å². The maximum absolute atomic E-state index is 13.4. The van der Waals surface area contributed by atoms with E-state index in [2.05, 4.69) is 5.32 Å². The summed E-state index contributed by atoms with van der Waals surface area (Å²) >= 11 is 0. The molecule has 0 aromatic heterocycles. The Morgan fingerprint density at radius 3 is 2.68 bits per heavy atom. The molecule has 2 rings (SSSR count). The molecule has 3 nitrogen and oxygen atoms in total. The number of hydrogen-bond donors (Lipinski definition) is 2. The summed E-state index contributed by atoms with van der Waals surface area (Å²) in [4.78, 5) is 11.9. The van der Waals surface area contributed by atoms with Crippen molar-refractivity contribution in [3.8, 4) is 0 Å². The number of hydrogen-bond acceptors (Lipinski definition) is 2. The largest absolute Gasteiger partial charge is 0.399 e. The van der Waals surface area contributed by atoms with Gasteiger partial charge in [0, 0.05) is 11.4 Å². The van der Waals surface area contributed by atoms with Gasteiger partial charge in [0.05, 0.1) is 6.42 Å². The zero-order chi connectivity index (χ0) is 13.8. The Morgan fingerprint density at radius 1 is 1.26 bits per heavy atom. The van der Waals surface area contributed by atoms with E-state index in [0.717, 1.165) is 5.56 Å². The first-order valence-electron chi connectivity index (χ1n) is 5.95. The lowest BCUT2D eigenvalue weighted by molar-refractivity contribution is -0.115. The minimum Gasteiger partial charge on any atom is -0.399 e. The molecule has 0 bridgehead atoms. The van der Waals surface area contributed by atoms with Gasteiger partial charge in [-0.05, 0) is 42.3 Å². The summed E-state index contributed by atoms with van der Waals surface area (Å²) in [5, 5.41) is 2.75. The first-order chi connectivity index (χ1) is 9.06. The van der Waals surface area contributed by atoms with Crippen molar-refractivity contribution in [1.29, 1.82) is 0 Å². The van der Waals surface area contributed by atoms with Crippen LogP contribution in [-0.2, 0) is 11.2 Å². The number of nitrogen functional groups attached to an aromatic ring is 1. The van der Waals surface area contributed by atoms with Crippen molar-refractivity contribution < 1.29 is 9.18 Å². The highest BCUT2D eigenvalue weighted by Crippen LogP contribution is 2.18. The second-order valence-electron chi connectivity index (χ2n) is 4.39. The predicted octanol–water partition coefficient (Wildman–Crippen LogP) is 2.90. The first kappa shape index (κ1) is 13.1. The Labute approximate surface area is 111 Å². The molecule has 0 saturated heterocycles. The Bertz CT molecular complexity index is 611. The monoisotopic (exact) mass is 258 g/mol. The molecule has 0 aliphatic rings. The van der Waals surface area contributed by atoms with Crippen LogP contribution in [0.1, 0.15) is 11.1 Å². The molecule has 0 atom stereocenters. The van der Waals surface area contributed by atoms with Crippen molar-refractivity contribution in [3.05, 3.63) is 59.4 Å². The highest BCUT2D eigenvalue weighted by atomic mass is 19.1. The molecule has 3 N–H and O–H groups in total. The molecular weight excluding hydrogens is 243 g/mol. The molecule has 0 radical (unpaired) electrons. The standard InChI is InChI=1S/C15H15FN2O/c1-10-8-12(17)6-7-14(10)18-15(19)9-11-4-2-3-5-13(11)16/h2-8H,9,17H2,1H3,(H,18,19). The SMILES string of the molecule is Cc1cc(N)ccc1NC(=O)Cc1ccccc1F. The van der Waals surface area contributed by atoms with Crippen LogP contribution in [0.5, 0.6) is 0 Å². The summed E-state index contributed by atoms with van der Waals surface area (Å²) in [5.41, 5.74) is 8.23. The van der Waals surface area contributed by atoms with Crippen LogP contribution in [0.25, 0.3) is 0 Å². The summed E-state index contributed by atoms with van der Waals surface area (Å²) in [5.74, 6) is -0.621. The van der Waals surface area contributed by atoms with Gasteiger partial charge < -0.3 is 11.1 Å². The number of carbonyl (C=O) groups excluding carboxylic acids is 1. The minimum atomic E-state index is -0.369. The lowest BCUT2D eigenvalue weighted by Gasteiger charge is -2.09. The molecule has 1 amide bonds. The predicted molar refractivity (Wildman–Crippen MR) is 74.3 cm³/mol. The Hall–Kier alpha value is -2.36. The van der Waals surface area contributed by atoms with Crippen molar-refractivity contribution in [2.24, 2.45) is 0 Å². The normalized spacial score (nSPS) is 10.2. The fourth-order valence-electron chi connectivity index (χ4n) is 1.84. The highest BCUT2D eigenvalue weighted by Gasteiger charge is 2.09. The molecule has 0 aliphatic carbocycles. The second-order valence-corrected chi connectivity index (χ2v) is 4.39. The van der Waals surface area contributed by atoms with Crippen molar-refractivity contribution in [2.45, 2.75) is 13.3 Å². The molecule has 0 unspecified atom stereocenters. The highest BCUT2D eigenvalue weighted by molar-refractivity contribution is 5.93. The van der Waals surface area contributed by atoms with Crippen LogP contribution in [0, 0.1) is 12.7 Å². The number of benzene rings is 2. The lowest BCUT2D eigenvalue weighted by atomic mass is 10.1. The molecular formula is C15H15FN2O. The molecule has 4 heteroatoms. The fourth-order valence-corrected chi connectivity index (χ4v) is 1.84. The van der Waals surface area contributed by atoms with Crippen LogP contribution < -0.4 is 11.1 Å². The van der Waals surface area contributed by atoms with Crippen molar-refractivity contribution >= 4 is 17.3 Å². The van der Waals surface area contributed by atoms with Gasteiger partial charge >= 0.3 is 0 Å². The van der Waals surface area contributed by atoms with E-state index >= 15 is 0 Å². The topological polar surface area (TPSA) is 55.1 Å². The second kappa shape index (κ2) is 5.52. The third-order valence-corrected chi connectivity index (χ3v) is 2.83. The average molecular weight is 258 g/mol. The number of halogens is 1. The summed E-state index contributed by atoms with van der Waals surface area (Å²) in [6, 6.07) is 11.5. The van der Waals surface area contributed by atoms with E-state index in [9.17, 15) is 9.18 Å². The number of aryl methyl sites for hydroxylation is 1. The van der Waals surface area contributed by atoms with Gasteiger partial charge in [0.15, 0.2) is 0 Å². The van der Waals surface area contributed by atoms with Gasteiger partial charge in [-0.2, -0.15) is 0 Å². The lowest BCUT2D eigenvalue weighted by Crippen LogP contribution is -2.16. The first-order valence-corrected chi connectivity index (χ1v) is 5.95. The van der Waals surface area contributed by atoms with E-state index in [1.165, 1.54) is 6.07 Å². The molecule has 0 aliphatic heterocycles. The van der Waals surface area contributed by atoms with Gasteiger partial charge in [0.2, 0.25) is 5.91 Å². The molecule has 0 saturated carbocycles. The number of amides is 1. The Morgan fingerprint density at radius 2 is 2.00 bits per heavy atom. The van der Waals surface area contributed by atoms with E-state index < -0.39 is 0 Å². The molecule has 2 aromatic carbocycles. The molecule has 2 aromatic rings. The number of carbonyl (C=O) groups is 1. The van der Waals surface area contributed by atoms with E-state index in [1.54, 1.807) is 36.4 Å². The Kier molecular flexibility index (Phi) is 3.80. The van der Waals surface area contributed by atoms with Gasteiger partial charge in [-0.3, -0.25) is 4.79 Å². The average Bonchev–Trinajstić information content (AvgIpc) is 2.36. The number of rotatable bonds is 3. The summed E-state index contributed by atoms with van der Waals surface area (Å²) in [7, 11) is 0. The van der Waals surface area contributed by atoms with Crippen molar-refractivity contribution in [2.75, 3.05) is 11.1 Å². The van der Waals surface area contributed by atoms with E-state index in [0.29, 0.717) is 16.9 Å². The van der Waals surface area contributed by atoms with Gasteiger partial charge in [0.25, 0.3) is 0 Å². The zero-order valence-electron chi connectivity index (χ0n) is 10.6. The Balaban J connectivity index is 2.08. The van der Waals surface area contributed by atoms with Crippen molar-refractivity contribution in [1.82, 2.24) is 0 Å². The van der Waals surface area contributed by atoms with Crippen LogP contribution >= 0.6 is 0 Å². The van der Waals surface area contributed by atoms with Crippen molar-refractivity contribution in [3.63, 3.8) is 0 Å². The molecule has 0 fully saturated rings. The number of anilines is 2. The number of nitrogens with two attached hydrogens (primary N) is 1. The fraction of sp³-hybridized carbons (Fsp3) is 0.133. The van der Waals surface area contributed by atoms with E-state index in [1.807, 2.05) is 6.92 Å². The number of nitrogens with one attached hydrogen (secondary N) is 1. The zero-order valence-corrected chi connectivity index (χ0v) is 10.6. The summed E-state index contributed by atoms with van der Waals surface area (Å²) < 4.78 is 13.4. The van der Waals surface area contributed by atoms with Crippen LogP contribution in [-0.4, -0.2) is 5.91 Å². The summed E-state index contributed by atoms with van der Waals surface area (Å²) in [6.07, 6.45) is 0.0104. The third kappa shape index (κ3) is 3.31. The quantitative estimate of drug-likeness (QED) is 0.832. The maximum Gasteiger partial charge on any atom is 0.228 e. The summed E-state index contributed by atoms with van der Waals surface area (Å²) in [6.45, 7) is 1.86. The molecule has 98 valence electrons. The van der Waals surface area contributed by atoms with Crippen LogP contribution in [0.4, 0.5) is 15.8 Å². The minimum absolute atomic E-state index is 0.0104.